The Morgan fingerprint density at radius 1 is 1.03 bits per heavy atom. The molecule has 0 saturated carbocycles. The molecule has 1 fully saturated rings. The third-order valence-electron chi connectivity index (χ3n) is 4.80. The summed E-state index contributed by atoms with van der Waals surface area (Å²) >= 11 is 0.676. The highest BCUT2D eigenvalue weighted by molar-refractivity contribution is 8.18. The van der Waals surface area contributed by atoms with Crippen LogP contribution in [0.5, 0.6) is 0 Å². The molecule has 0 atom stereocenters. The highest BCUT2D eigenvalue weighted by Crippen LogP contribution is 2.32. The number of benzene rings is 2. The van der Waals surface area contributed by atoms with Gasteiger partial charge in [0.1, 0.15) is 6.54 Å². The SMILES string of the molecule is CCN(CC)c1ccc(/C=C2/SC(=O)N(CC(=O)Nc3ccc(F)c(F)c3F)C2=O)cc1. The first kappa shape index (κ1) is 23.4. The lowest BCUT2D eigenvalue weighted by molar-refractivity contribution is -0.127. The number of hydrogen-bond acceptors (Lipinski definition) is 5. The lowest BCUT2D eigenvalue weighted by Crippen LogP contribution is -2.36. The van der Waals surface area contributed by atoms with Crippen molar-refractivity contribution in [3.05, 3.63) is 64.3 Å². The van der Waals surface area contributed by atoms with E-state index in [4.69, 9.17) is 0 Å². The third kappa shape index (κ3) is 4.96. The van der Waals surface area contributed by atoms with Crippen LogP contribution in [0, 0.1) is 17.5 Å². The Morgan fingerprint density at radius 3 is 2.31 bits per heavy atom. The van der Waals surface area contributed by atoms with Gasteiger partial charge in [-0.3, -0.25) is 19.3 Å². The topological polar surface area (TPSA) is 69.7 Å². The second-order valence-electron chi connectivity index (χ2n) is 6.80. The molecule has 1 saturated heterocycles. The second-order valence-corrected chi connectivity index (χ2v) is 7.80. The minimum atomic E-state index is -1.73. The van der Waals surface area contributed by atoms with E-state index < -0.39 is 46.7 Å². The molecular weight excluding hydrogens is 443 g/mol. The molecule has 1 heterocycles. The Labute approximate surface area is 187 Å². The quantitative estimate of drug-likeness (QED) is 0.479. The van der Waals surface area contributed by atoms with Gasteiger partial charge in [0.15, 0.2) is 17.5 Å². The number of thioether (sulfide) groups is 1. The smallest absolute Gasteiger partial charge is 0.294 e. The first-order valence-electron chi connectivity index (χ1n) is 9.78. The van der Waals surface area contributed by atoms with E-state index in [0.717, 1.165) is 24.8 Å². The van der Waals surface area contributed by atoms with Crippen molar-refractivity contribution in [1.82, 2.24) is 4.90 Å². The van der Waals surface area contributed by atoms with E-state index in [2.05, 4.69) is 4.90 Å². The molecule has 3 amide bonds. The molecule has 6 nitrogen and oxygen atoms in total. The Bertz CT molecular complexity index is 1090. The second kappa shape index (κ2) is 9.90. The number of imide groups is 1. The fraction of sp³-hybridized carbons (Fsp3) is 0.227. The zero-order chi connectivity index (χ0) is 23.4. The third-order valence-corrected chi connectivity index (χ3v) is 5.71. The average Bonchev–Trinajstić information content (AvgIpc) is 3.03. The van der Waals surface area contributed by atoms with Gasteiger partial charge in [-0.1, -0.05) is 12.1 Å². The zero-order valence-electron chi connectivity index (χ0n) is 17.3. The van der Waals surface area contributed by atoms with E-state index in [1.54, 1.807) is 6.08 Å². The van der Waals surface area contributed by atoms with Crippen molar-refractivity contribution in [2.75, 3.05) is 29.9 Å². The zero-order valence-corrected chi connectivity index (χ0v) is 18.1. The molecule has 2 aromatic rings. The summed E-state index contributed by atoms with van der Waals surface area (Å²) in [5, 5.41) is 1.37. The molecule has 32 heavy (non-hydrogen) atoms. The molecule has 0 aromatic heterocycles. The lowest BCUT2D eigenvalue weighted by atomic mass is 10.1. The first-order chi connectivity index (χ1) is 15.2. The van der Waals surface area contributed by atoms with Crippen molar-refractivity contribution < 1.29 is 27.6 Å². The molecule has 0 aliphatic carbocycles. The summed E-state index contributed by atoms with van der Waals surface area (Å²) in [7, 11) is 0. The Hall–Kier alpha value is -3.27. The molecular formula is C22H20F3N3O3S. The van der Waals surface area contributed by atoms with Crippen LogP contribution in [0.1, 0.15) is 19.4 Å². The van der Waals surface area contributed by atoms with Crippen molar-refractivity contribution in [2.24, 2.45) is 0 Å². The van der Waals surface area contributed by atoms with Crippen molar-refractivity contribution in [1.29, 1.82) is 0 Å². The first-order valence-corrected chi connectivity index (χ1v) is 10.6. The van der Waals surface area contributed by atoms with Gasteiger partial charge in [0.25, 0.3) is 11.1 Å². The standard InChI is InChI=1S/C22H20F3N3O3S/c1-3-27(4-2)14-7-5-13(6-8-14)11-17-21(30)28(22(31)32-17)12-18(29)26-16-10-9-15(23)19(24)20(16)25/h5-11H,3-4,12H2,1-2H3,(H,26,29)/b17-11+. The van der Waals surface area contributed by atoms with Crippen LogP contribution < -0.4 is 10.2 Å². The summed E-state index contributed by atoms with van der Waals surface area (Å²) < 4.78 is 40.0. The number of nitrogens with zero attached hydrogens (tertiary/aromatic N) is 2. The van der Waals surface area contributed by atoms with Crippen LogP contribution in [-0.2, 0) is 9.59 Å². The number of nitrogens with one attached hydrogen (secondary N) is 1. The monoisotopic (exact) mass is 463 g/mol. The van der Waals surface area contributed by atoms with Gasteiger partial charge in [0, 0.05) is 18.8 Å². The van der Waals surface area contributed by atoms with Crippen LogP contribution in [0.4, 0.5) is 29.3 Å². The van der Waals surface area contributed by atoms with Gasteiger partial charge in [-0.25, -0.2) is 13.2 Å². The van der Waals surface area contributed by atoms with Gasteiger partial charge < -0.3 is 10.2 Å². The van der Waals surface area contributed by atoms with Gasteiger partial charge in [-0.05, 0) is 61.5 Å². The summed E-state index contributed by atoms with van der Waals surface area (Å²) in [5.74, 6) is -6.30. The normalized spacial score (nSPS) is 14.9. The van der Waals surface area contributed by atoms with Crippen molar-refractivity contribution >= 4 is 46.3 Å². The van der Waals surface area contributed by atoms with Crippen LogP contribution in [0.15, 0.2) is 41.3 Å². The largest absolute Gasteiger partial charge is 0.372 e. The Balaban J connectivity index is 1.69. The maximum atomic E-state index is 13.7. The predicted octanol–water partition coefficient (Wildman–Crippen LogP) is 4.63. The van der Waals surface area contributed by atoms with Gasteiger partial charge in [0.05, 0.1) is 10.6 Å². The number of carbonyl (C=O) groups is 3. The summed E-state index contributed by atoms with van der Waals surface area (Å²) in [5.41, 5.74) is 1.14. The van der Waals surface area contributed by atoms with Crippen LogP contribution in [-0.4, -0.2) is 41.6 Å². The molecule has 3 rings (SSSR count). The fourth-order valence-corrected chi connectivity index (χ4v) is 3.95. The number of rotatable bonds is 7. The summed E-state index contributed by atoms with van der Waals surface area (Å²) in [6.07, 6.45) is 1.55. The minimum Gasteiger partial charge on any atom is -0.372 e. The Kier molecular flexibility index (Phi) is 7.24. The van der Waals surface area contributed by atoms with Crippen LogP contribution in [0.25, 0.3) is 6.08 Å². The van der Waals surface area contributed by atoms with E-state index in [0.29, 0.717) is 28.3 Å². The van der Waals surface area contributed by atoms with Gasteiger partial charge in [-0.15, -0.1) is 0 Å². The molecule has 1 aliphatic rings. The van der Waals surface area contributed by atoms with E-state index >= 15 is 0 Å². The molecule has 1 N–H and O–H groups in total. The maximum absolute atomic E-state index is 13.7. The molecule has 1 aliphatic heterocycles. The molecule has 0 unspecified atom stereocenters. The van der Waals surface area contributed by atoms with Gasteiger partial charge in [-0.2, -0.15) is 0 Å². The summed E-state index contributed by atoms with van der Waals surface area (Å²) in [4.78, 5) is 40.0. The lowest BCUT2D eigenvalue weighted by Gasteiger charge is -2.20. The number of hydrogen-bond donors (Lipinski definition) is 1. The number of carbonyl (C=O) groups excluding carboxylic acids is 3. The van der Waals surface area contributed by atoms with Crippen molar-refractivity contribution in [3.8, 4) is 0 Å². The highest BCUT2D eigenvalue weighted by atomic mass is 32.2. The van der Waals surface area contributed by atoms with E-state index in [1.165, 1.54) is 0 Å². The van der Waals surface area contributed by atoms with E-state index in [9.17, 15) is 27.6 Å². The number of halogens is 3. The fourth-order valence-electron chi connectivity index (χ4n) is 3.11. The van der Waals surface area contributed by atoms with Crippen molar-refractivity contribution in [2.45, 2.75) is 13.8 Å². The predicted molar refractivity (Wildman–Crippen MR) is 118 cm³/mol. The van der Waals surface area contributed by atoms with E-state index in [1.807, 2.05) is 43.4 Å². The van der Waals surface area contributed by atoms with Gasteiger partial charge in [0.2, 0.25) is 5.91 Å². The summed E-state index contributed by atoms with van der Waals surface area (Å²) in [6, 6.07) is 8.96. The van der Waals surface area contributed by atoms with Crippen LogP contribution in [0.3, 0.4) is 0 Å². The molecule has 0 spiro atoms. The van der Waals surface area contributed by atoms with E-state index in [-0.39, 0.29) is 4.91 Å². The molecule has 2 aromatic carbocycles. The molecule has 168 valence electrons. The number of anilines is 2. The number of amides is 3. The van der Waals surface area contributed by atoms with Crippen molar-refractivity contribution in [3.63, 3.8) is 0 Å². The average molecular weight is 463 g/mol. The minimum absolute atomic E-state index is 0.136. The molecule has 10 heteroatoms. The molecule has 0 radical (unpaired) electrons. The molecule has 0 bridgehead atoms. The summed E-state index contributed by atoms with van der Waals surface area (Å²) in [6.45, 7) is 5.10. The Morgan fingerprint density at radius 2 is 1.69 bits per heavy atom. The van der Waals surface area contributed by atoms with Crippen LogP contribution >= 0.6 is 11.8 Å². The van der Waals surface area contributed by atoms with Gasteiger partial charge >= 0.3 is 0 Å². The van der Waals surface area contributed by atoms with Crippen LogP contribution in [0.2, 0.25) is 0 Å². The maximum Gasteiger partial charge on any atom is 0.294 e. The highest BCUT2D eigenvalue weighted by Gasteiger charge is 2.36.